The van der Waals surface area contributed by atoms with Crippen LogP contribution in [0.4, 0.5) is 5.69 Å². The van der Waals surface area contributed by atoms with Gasteiger partial charge < -0.3 is 9.88 Å². The molecule has 0 unspecified atom stereocenters. The van der Waals surface area contributed by atoms with E-state index < -0.39 is 0 Å². The van der Waals surface area contributed by atoms with Crippen molar-refractivity contribution >= 4 is 23.4 Å². The number of thioether (sulfide) groups is 1. The molecule has 1 N–H and O–H groups in total. The summed E-state index contributed by atoms with van der Waals surface area (Å²) in [6.45, 7) is 4.86. The van der Waals surface area contributed by atoms with E-state index in [1.807, 2.05) is 53.1 Å². The summed E-state index contributed by atoms with van der Waals surface area (Å²) in [6, 6.07) is 17.6. The lowest BCUT2D eigenvalue weighted by atomic mass is 10.1. The minimum absolute atomic E-state index is 0.0562. The van der Waals surface area contributed by atoms with Gasteiger partial charge >= 0.3 is 0 Å². The first-order valence-corrected chi connectivity index (χ1v) is 9.14. The Labute approximate surface area is 151 Å². The summed E-state index contributed by atoms with van der Waals surface area (Å²) in [6.07, 6.45) is 0. The molecule has 0 spiro atoms. The molecule has 1 heterocycles. The Morgan fingerprint density at radius 1 is 1.08 bits per heavy atom. The van der Waals surface area contributed by atoms with Crippen LogP contribution in [0.5, 0.6) is 0 Å². The van der Waals surface area contributed by atoms with Gasteiger partial charge in [0.15, 0.2) is 11.0 Å². The second-order valence-corrected chi connectivity index (χ2v) is 6.51. The second kappa shape index (κ2) is 7.98. The zero-order chi connectivity index (χ0) is 17.6. The van der Waals surface area contributed by atoms with Crippen LogP contribution in [-0.2, 0) is 11.3 Å². The van der Waals surface area contributed by atoms with Crippen molar-refractivity contribution in [2.24, 2.45) is 0 Å². The third-order valence-corrected chi connectivity index (χ3v) is 4.78. The Morgan fingerprint density at radius 3 is 2.52 bits per heavy atom. The minimum atomic E-state index is -0.0562. The number of nitrogens with zero attached hydrogens (tertiary/aromatic N) is 3. The van der Waals surface area contributed by atoms with Crippen LogP contribution in [0.1, 0.15) is 12.5 Å². The molecule has 0 saturated heterocycles. The van der Waals surface area contributed by atoms with Crippen molar-refractivity contribution < 1.29 is 4.79 Å². The molecule has 3 rings (SSSR count). The highest BCUT2D eigenvalue weighted by Crippen LogP contribution is 2.26. The van der Waals surface area contributed by atoms with E-state index in [9.17, 15) is 4.79 Å². The molecule has 0 fully saturated rings. The molecule has 0 aliphatic carbocycles. The Hall–Kier alpha value is -2.60. The first kappa shape index (κ1) is 17.2. The van der Waals surface area contributed by atoms with E-state index in [1.165, 1.54) is 11.8 Å². The van der Waals surface area contributed by atoms with Crippen molar-refractivity contribution in [3.63, 3.8) is 0 Å². The average Bonchev–Trinajstić information content (AvgIpc) is 3.04. The van der Waals surface area contributed by atoms with Crippen LogP contribution in [0.3, 0.4) is 0 Å². The van der Waals surface area contributed by atoms with Gasteiger partial charge in [0.25, 0.3) is 0 Å². The highest BCUT2D eigenvalue weighted by Gasteiger charge is 2.15. The number of aromatic nitrogens is 3. The van der Waals surface area contributed by atoms with E-state index >= 15 is 0 Å². The van der Waals surface area contributed by atoms with Crippen LogP contribution in [0.25, 0.3) is 11.4 Å². The van der Waals surface area contributed by atoms with Gasteiger partial charge in [0.2, 0.25) is 5.91 Å². The van der Waals surface area contributed by atoms with Crippen molar-refractivity contribution in [3.05, 3.63) is 60.2 Å². The molecule has 6 heteroatoms. The van der Waals surface area contributed by atoms with E-state index in [2.05, 4.69) is 35.4 Å². The molecule has 3 aromatic rings. The average molecular weight is 352 g/mol. The summed E-state index contributed by atoms with van der Waals surface area (Å²) >= 11 is 1.40. The molecule has 0 aliphatic heterocycles. The van der Waals surface area contributed by atoms with Gasteiger partial charge in [-0.15, -0.1) is 10.2 Å². The number of rotatable bonds is 6. The molecule has 0 radical (unpaired) electrons. The maximum atomic E-state index is 12.1. The number of amides is 1. The molecule has 2 aromatic carbocycles. The van der Waals surface area contributed by atoms with Crippen LogP contribution < -0.4 is 5.32 Å². The van der Waals surface area contributed by atoms with Crippen LogP contribution >= 0.6 is 11.8 Å². The quantitative estimate of drug-likeness (QED) is 0.681. The van der Waals surface area contributed by atoms with E-state index in [0.717, 1.165) is 34.3 Å². The zero-order valence-corrected chi connectivity index (χ0v) is 15.1. The number of carbonyl (C=O) groups is 1. The van der Waals surface area contributed by atoms with Gasteiger partial charge in [-0.1, -0.05) is 54.2 Å². The summed E-state index contributed by atoms with van der Waals surface area (Å²) < 4.78 is 2.04. The lowest BCUT2D eigenvalue weighted by molar-refractivity contribution is -0.113. The van der Waals surface area contributed by atoms with Gasteiger partial charge in [-0.3, -0.25) is 4.79 Å². The number of nitrogens with one attached hydrogen (secondary N) is 1. The summed E-state index contributed by atoms with van der Waals surface area (Å²) in [5.74, 6) is 1.08. The SMILES string of the molecule is CCn1c(SCC(=O)Nc2ccccc2)nnc1-c1ccccc1C. The van der Waals surface area contributed by atoms with Gasteiger partial charge in [-0.2, -0.15) is 0 Å². The van der Waals surface area contributed by atoms with Gasteiger partial charge in [-0.05, 0) is 31.5 Å². The lowest BCUT2D eigenvalue weighted by Crippen LogP contribution is -2.14. The number of benzene rings is 2. The summed E-state index contributed by atoms with van der Waals surface area (Å²) in [7, 11) is 0. The van der Waals surface area contributed by atoms with Gasteiger partial charge in [-0.25, -0.2) is 0 Å². The van der Waals surface area contributed by atoms with E-state index in [0.29, 0.717) is 5.75 Å². The third kappa shape index (κ3) is 4.09. The van der Waals surface area contributed by atoms with Crippen molar-refractivity contribution in [2.45, 2.75) is 25.5 Å². The molecule has 5 nitrogen and oxygen atoms in total. The predicted octanol–water partition coefficient (Wildman–Crippen LogP) is 4.00. The van der Waals surface area contributed by atoms with Gasteiger partial charge in [0, 0.05) is 17.8 Å². The molecular formula is C19H20N4OS. The van der Waals surface area contributed by atoms with Gasteiger partial charge in [0.05, 0.1) is 5.75 Å². The minimum Gasteiger partial charge on any atom is -0.325 e. The number of carbonyl (C=O) groups excluding carboxylic acids is 1. The largest absolute Gasteiger partial charge is 0.325 e. The van der Waals surface area contributed by atoms with E-state index in [1.54, 1.807) is 0 Å². The Kier molecular flexibility index (Phi) is 5.50. The number of aryl methyl sites for hydroxylation is 1. The van der Waals surface area contributed by atoms with Crippen LogP contribution in [0, 0.1) is 6.92 Å². The first-order chi connectivity index (χ1) is 12.2. The summed E-state index contributed by atoms with van der Waals surface area (Å²) in [5, 5.41) is 12.3. The smallest absolute Gasteiger partial charge is 0.234 e. The zero-order valence-electron chi connectivity index (χ0n) is 14.3. The Morgan fingerprint density at radius 2 is 1.80 bits per heavy atom. The molecule has 0 saturated carbocycles. The molecule has 0 bridgehead atoms. The molecule has 128 valence electrons. The molecule has 0 atom stereocenters. The second-order valence-electron chi connectivity index (χ2n) is 5.57. The number of anilines is 1. The molecular weight excluding hydrogens is 332 g/mol. The summed E-state index contributed by atoms with van der Waals surface area (Å²) in [4.78, 5) is 12.1. The van der Waals surface area contributed by atoms with Crippen molar-refractivity contribution in [3.8, 4) is 11.4 Å². The first-order valence-electron chi connectivity index (χ1n) is 8.16. The number of hydrogen-bond donors (Lipinski definition) is 1. The van der Waals surface area contributed by atoms with Crippen LogP contribution in [0.2, 0.25) is 0 Å². The Bertz CT molecular complexity index is 861. The van der Waals surface area contributed by atoms with Crippen molar-refractivity contribution in [1.82, 2.24) is 14.8 Å². The molecule has 25 heavy (non-hydrogen) atoms. The number of para-hydroxylation sites is 1. The molecule has 1 amide bonds. The molecule has 0 aliphatic rings. The van der Waals surface area contributed by atoms with E-state index in [4.69, 9.17) is 0 Å². The fourth-order valence-electron chi connectivity index (χ4n) is 2.55. The van der Waals surface area contributed by atoms with Crippen LogP contribution in [-0.4, -0.2) is 26.4 Å². The normalized spacial score (nSPS) is 10.6. The maximum Gasteiger partial charge on any atom is 0.234 e. The van der Waals surface area contributed by atoms with Crippen LogP contribution in [0.15, 0.2) is 59.8 Å². The van der Waals surface area contributed by atoms with E-state index in [-0.39, 0.29) is 5.91 Å². The lowest BCUT2D eigenvalue weighted by Gasteiger charge is -2.09. The summed E-state index contributed by atoms with van der Waals surface area (Å²) in [5.41, 5.74) is 3.02. The maximum absolute atomic E-state index is 12.1. The number of hydrogen-bond acceptors (Lipinski definition) is 4. The Balaban J connectivity index is 1.71. The standard InChI is InChI=1S/C19H20N4OS/c1-3-23-18(16-12-8-7-9-14(16)2)21-22-19(23)25-13-17(24)20-15-10-5-4-6-11-15/h4-12H,3,13H2,1-2H3,(H,20,24). The topological polar surface area (TPSA) is 59.8 Å². The highest BCUT2D eigenvalue weighted by atomic mass is 32.2. The third-order valence-electron chi connectivity index (χ3n) is 3.81. The highest BCUT2D eigenvalue weighted by molar-refractivity contribution is 7.99. The predicted molar refractivity (Wildman–Crippen MR) is 102 cm³/mol. The van der Waals surface area contributed by atoms with Crippen molar-refractivity contribution in [2.75, 3.05) is 11.1 Å². The monoisotopic (exact) mass is 352 g/mol. The fourth-order valence-corrected chi connectivity index (χ4v) is 3.35. The van der Waals surface area contributed by atoms with Gasteiger partial charge in [0.1, 0.15) is 0 Å². The fraction of sp³-hybridized carbons (Fsp3) is 0.211. The van der Waals surface area contributed by atoms with Crippen molar-refractivity contribution in [1.29, 1.82) is 0 Å². The molecule has 1 aromatic heterocycles.